The number of pyridine rings is 1. The molecule has 1 nitrogen and oxygen atoms in total. The first-order valence-electron chi connectivity index (χ1n) is 10.8. The summed E-state index contributed by atoms with van der Waals surface area (Å²) in [5.74, 6) is 0.654. The van der Waals surface area contributed by atoms with Crippen molar-refractivity contribution in [1.82, 2.24) is 4.98 Å². The lowest BCUT2D eigenvalue weighted by molar-refractivity contribution is 0.649. The Balaban J connectivity index is 1.83. The Hall–Kier alpha value is -1.98. The van der Waals surface area contributed by atoms with Gasteiger partial charge in [0.05, 0.1) is 13.8 Å². The molecule has 1 aliphatic heterocycles. The zero-order valence-electron chi connectivity index (χ0n) is 18.9. The van der Waals surface area contributed by atoms with Crippen molar-refractivity contribution in [2.45, 2.75) is 53.0 Å². The van der Waals surface area contributed by atoms with Crippen molar-refractivity contribution in [1.29, 1.82) is 0 Å². The summed E-state index contributed by atoms with van der Waals surface area (Å²) in [7, 11) is -3.05. The molecule has 2 aromatic carbocycles. The number of hydrogen-bond donors (Lipinski definition) is 0. The molecule has 150 valence electrons. The monoisotopic (exact) mass is 415 g/mol. The van der Waals surface area contributed by atoms with Crippen LogP contribution in [0.3, 0.4) is 0 Å². The van der Waals surface area contributed by atoms with Crippen molar-refractivity contribution in [2.75, 3.05) is 0 Å². The van der Waals surface area contributed by atoms with E-state index in [1.54, 1.807) is 10.4 Å². The van der Waals surface area contributed by atoms with Gasteiger partial charge in [0, 0.05) is 11.8 Å². The van der Waals surface area contributed by atoms with Gasteiger partial charge in [0.1, 0.15) is 8.07 Å². The summed E-state index contributed by atoms with van der Waals surface area (Å²) in [5.41, 5.74) is 6.77. The van der Waals surface area contributed by atoms with E-state index in [4.69, 9.17) is 4.98 Å². The van der Waals surface area contributed by atoms with Crippen LogP contribution in [0, 0.1) is 5.92 Å². The molecule has 0 unspecified atom stereocenters. The van der Waals surface area contributed by atoms with E-state index in [1.807, 2.05) is 0 Å². The Morgan fingerprint density at radius 2 is 1.59 bits per heavy atom. The third-order valence-corrected chi connectivity index (χ3v) is 11.9. The molecule has 0 atom stereocenters. The molecule has 3 heteroatoms. The van der Waals surface area contributed by atoms with Gasteiger partial charge < -0.3 is 0 Å². The van der Waals surface area contributed by atoms with E-state index in [0.717, 1.165) is 12.1 Å². The number of benzene rings is 2. The average molecular weight is 416 g/mol. The minimum Gasteiger partial charge on any atom is -0.256 e. The third-order valence-electron chi connectivity index (χ3n) is 6.31. The first-order valence-corrected chi connectivity index (χ1v) is 17.3. The minimum atomic E-state index is -1.65. The molecule has 3 aromatic rings. The van der Waals surface area contributed by atoms with Crippen molar-refractivity contribution >= 4 is 31.7 Å². The number of hydrogen-bond acceptors (Lipinski definition) is 1. The fourth-order valence-electron chi connectivity index (χ4n) is 4.80. The van der Waals surface area contributed by atoms with Crippen molar-refractivity contribution in [3.63, 3.8) is 0 Å². The van der Waals surface area contributed by atoms with Crippen LogP contribution in [-0.4, -0.2) is 21.1 Å². The molecule has 1 aliphatic rings. The molecule has 29 heavy (non-hydrogen) atoms. The van der Waals surface area contributed by atoms with E-state index in [1.165, 1.54) is 27.4 Å². The number of rotatable bonds is 4. The average Bonchev–Trinajstić information content (AvgIpc) is 2.88. The standard InChI is InChI=1S/C26H33NSi2/c1-18(2)14-20-15-23(27-17-26(20)28(3,4)5)19-12-13-22-21-10-8-9-11-24(21)29(6,7)25(22)16-19/h8-13,15-18H,14H2,1-7H3. The van der Waals surface area contributed by atoms with Crippen LogP contribution in [0.5, 0.6) is 0 Å². The molecule has 0 fully saturated rings. The zero-order chi connectivity index (χ0) is 21.0. The maximum absolute atomic E-state index is 4.96. The summed E-state index contributed by atoms with van der Waals surface area (Å²) >= 11 is 0. The lowest BCUT2D eigenvalue weighted by Crippen LogP contribution is -2.49. The fraction of sp³-hybridized carbons (Fsp3) is 0.346. The smallest absolute Gasteiger partial charge is 0.113 e. The highest BCUT2D eigenvalue weighted by Crippen LogP contribution is 2.31. The fourth-order valence-corrected chi connectivity index (χ4v) is 9.49. The molecule has 0 saturated carbocycles. The predicted molar refractivity (Wildman–Crippen MR) is 133 cm³/mol. The van der Waals surface area contributed by atoms with Crippen LogP contribution in [0.25, 0.3) is 22.4 Å². The topological polar surface area (TPSA) is 12.9 Å². The SMILES string of the molecule is CC(C)Cc1cc(-c2ccc3c(c2)[Si](C)(C)c2ccccc2-3)ncc1[Si](C)(C)C. The van der Waals surface area contributed by atoms with E-state index in [0.29, 0.717) is 5.92 Å². The van der Waals surface area contributed by atoms with Gasteiger partial charge >= 0.3 is 0 Å². The van der Waals surface area contributed by atoms with Gasteiger partial charge in [-0.05, 0) is 50.7 Å². The normalized spacial score (nSPS) is 14.8. The first kappa shape index (κ1) is 20.3. The van der Waals surface area contributed by atoms with Gasteiger partial charge in [0.25, 0.3) is 0 Å². The number of aromatic nitrogens is 1. The van der Waals surface area contributed by atoms with Gasteiger partial charge in [-0.15, -0.1) is 0 Å². The lowest BCUT2D eigenvalue weighted by Gasteiger charge is -2.23. The van der Waals surface area contributed by atoms with Crippen molar-refractivity contribution in [2.24, 2.45) is 5.92 Å². The second-order valence-electron chi connectivity index (χ2n) is 10.5. The Labute approximate surface area is 178 Å². The van der Waals surface area contributed by atoms with Crippen LogP contribution >= 0.6 is 0 Å². The quantitative estimate of drug-likeness (QED) is 0.527. The predicted octanol–water partition coefficient (Wildman–Crippen LogP) is 5.30. The van der Waals surface area contributed by atoms with Gasteiger partial charge in [0.15, 0.2) is 0 Å². The molecule has 0 spiro atoms. The van der Waals surface area contributed by atoms with E-state index in [-0.39, 0.29) is 0 Å². The van der Waals surface area contributed by atoms with Crippen LogP contribution < -0.4 is 15.6 Å². The maximum Gasteiger partial charge on any atom is 0.113 e. The van der Waals surface area contributed by atoms with Gasteiger partial charge in [-0.1, -0.05) is 89.0 Å². The van der Waals surface area contributed by atoms with Crippen molar-refractivity contribution in [3.8, 4) is 22.4 Å². The molecule has 0 amide bonds. The highest BCUT2D eigenvalue weighted by Gasteiger charge is 2.37. The summed E-state index contributed by atoms with van der Waals surface area (Å²) in [6.45, 7) is 16.9. The summed E-state index contributed by atoms with van der Waals surface area (Å²) in [6.07, 6.45) is 3.32. The van der Waals surface area contributed by atoms with Gasteiger partial charge in [-0.2, -0.15) is 0 Å². The molecule has 4 rings (SSSR count). The number of fused-ring (bicyclic) bond motifs is 3. The largest absolute Gasteiger partial charge is 0.256 e. The summed E-state index contributed by atoms with van der Waals surface area (Å²) in [4.78, 5) is 4.96. The Morgan fingerprint density at radius 3 is 2.28 bits per heavy atom. The molecule has 0 radical (unpaired) electrons. The molecule has 0 saturated heterocycles. The Bertz CT molecular complexity index is 1070. The van der Waals surface area contributed by atoms with Crippen LogP contribution in [0.15, 0.2) is 54.7 Å². The van der Waals surface area contributed by atoms with E-state index in [2.05, 4.69) is 101 Å². The van der Waals surface area contributed by atoms with Crippen LogP contribution in [0.1, 0.15) is 19.4 Å². The Morgan fingerprint density at radius 1 is 0.897 bits per heavy atom. The molecular formula is C26H33NSi2. The molecule has 1 aromatic heterocycles. The molecule has 2 heterocycles. The van der Waals surface area contributed by atoms with Crippen LogP contribution in [-0.2, 0) is 6.42 Å². The second-order valence-corrected chi connectivity index (χ2v) is 19.9. The molecule has 0 N–H and O–H groups in total. The second kappa shape index (κ2) is 7.07. The maximum atomic E-state index is 4.96. The molecule has 0 bridgehead atoms. The summed E-state index contributed by atoms with van der Waals surface area (Å²) in [6, 6.07) is 18.4. The highest BCUT2D eigenvalue weighted by atomic mass is 28.3. The van der Waals surface area contributed by atoms with Crippen LogP contribution in [0.2, 0.25) is 32.7 Å². The minimum absolute atomic E-state index is 0.654. The third kappa shape index (κ3) is 3.55. The molecular weight excluding hydrogens is 382 g/mol. The van der Waals surface area contributed by atoms with E-state index < -0.39 is 16.1 Å². The zero-order valence-corrected chi connectivity index (χ0v) is 20.9. The van der Waals surface area contributed by atoms with Gasteiger partial charge in [-0.25, -0.2) is 0 Å². The molecule has 0 aliphatic carbocycles. The lowest BCUT2D eigenvalue weighted by atomic mass is 9.99. The van der Waals surface area contributed by atoms with Crippen molar-refractivity contribution in [3.05, 3.63) is 60.3 Å². The number of nitrogens with zero attached hydrogens (tertiary/aromatic N) is 1. The van der Waals surface area contributed by atoms with Gasteiger partial charge in [-0.3, -0.25) is 4.98 Å². The summed E-state index contributed by atoms with van der Waals surface area (Å²) in [5, 5.41) is 4.63. The van der Waals surface area contributed by atoms with E-state index >= 15 is 0 Å². The Kier molecular flexibility index (Phi) is 4.95. The van der Waals surface area contributed by atoms with Crippen LogP contribution in [0.4, 0.5) is 0 Å². The van der Waals surface area contributed by atoms with Crippen molar-refractivity contribution < 1.29 is 0 Å². The van der Waals surface area contributed by atoms with E-state index in [9.17, 15) is 0 Å². The summed E-state index contributed by atoms with van der Waals surface area (Å²) < 4.78 is 0. The van der Waals surface area contributed by atoms with Gasteiger partial charge in [0.2, 0.25) is 0 Å². The first-order chi connectivity index (χ1) is 13.6. The highest BCUT2D eigenvalue weighted by molar-refractivity contribution is 7.03.